The van der Waals surface area contributed by atoms with Gasteiger partial charge in [-0.3, -0.25) is 4.79 Å². The van der Waals surface area contributed by atoms with E-state index >= 15 is 0 Å². The Kier molecular flexibility index (Phi) is 1.51. The van der Waals surface area contributed by atoms with Crippen molar-refractivity contribution in [2.75, 3.05) is 4.90 Å². The number of hydrogen-bond acceptors (Lipinski definition) is 1. The molecule has 1 fully saturated rings. The van der Waals surface area contributed by atoms with Crippen molar-refractivity contribution in [3.63, 3.8) is 0 Å². The predicted octanol–water partition coefficient (Wildman–Crippen LogP) is 1.98. The molecule has 2 nitrogen and oxygen atoms in total. The number of halogens is 2. The summed E-state index contributed by atoms with van der Waals surface area (Å²) in [7, 11) is 0. The normalized spacial score (nSPS) is 26.7. The van der Waals surface area contributed by atoms with E-state index < -0.39 is 11.8 Å². The lowest BCUT2D eigenvalue weighted by atomic mass is 10.1. The summed E-state index contributed by atoms with van der Waals surface area (Å²) in [6, 6.07) is 6.91. The average molecular weight is 209 g/mol. The van der Waals surface area contributed by atoms with Gasteiger partial charge in [0.05, 0.1) is 0 Å². The number of carbonyl (C=O) groups is 1. The van der Waals surface area contributed by atoms with E-state index in [2.05, 4.69) is 0 Å². The number of rotatable bonds is 0. The fourth-order valence-electron chi connectivity index (χ4n) is 2.46. The molecule has 2 heterocycles. The number of amides is 1. The molecule has 0 aliphatic carbocycles. The van der Waals surface area contributed by atoms with E-state index in [4.69, 9.17) is 0 Å². The van der Waals surface area contributed by atoms with E-state index in [0.717, 1.165) is 5.56 Å². The van der Waals surface area contributed by atoms with Gasteiger partial charge in [0.15, 0.2) is 0 Å². The zero-order valence-electron chi connectivity index (χ0n) is 7.91. The first-order chi connectivity index (χ1) is 7.09. The maximum Gasteiger partial charge on any atom is 0.327 e. The summed E-state index contributed by atoms with van der Waals surface area (Å²) in [6.07, 6.45) is 0.206. The molecule has 15 heavy (non-hydrogen) atoms. The van der Waals surface area contributed by atoms with Crippen LogP contribution in [-0.2, 0) is 11.2 Å². The highest BCUT2D eigenvalue weighted by Crippen LogP contribution is 2.44. The SMILES string of the molecule is O=C1N2c3ccccc3C[C@H]2CC1(F)F. The zero-order chi connectivity index (χ0) is 10.6. The summed E-state index contributed by atoms with van der Waals surface area (Å²) in [5.74, 6) is -4.21. The highest BCUT2D eigenvalue weighted by molar-refractivity contribution is 6.03. The monoisotopic (exact) mass is 209 g/mol. The van der Waals surface area contributed by atoms with Crippen LogP contribution in [0.25, 0.3) is 0 Å². The Labute approximate surface area is 85.5 Å². The van der Waals surface area contributed by atoms with Crippen LogP contribution in [0.1, 0.15) is 12.0 Å². The van der Waals surface area contributed by atoms with Gasteiger partial charge in [-0.15, -0.1) is 0 Å². The molecule has 78 valence electrons. The molecule has 0 aromatic heterocycles. The molecule has 0 saturated carbocycles. The van der Waals surface area contributed by atoms with E-state index in [-0.39, 0.29) is 12.5 Å². The lowest BCUT2D eigenvalue weighted by Crippen LogP contribution is -2.34. The molecular formula is C11H9F2NO. The molecule has 3 rings (SSSR count). The van der Waals surface area contributed by atoms with Gasteiger partial charge in [0.25, 0.3) is 5.91 Å². The molecule has 0 radical (unpaired) electrons. The maximum absolute atomic E-state index is 13.2. The van der Waals surface area contributed by atoms with E-state index in [1.807, 2.05) is 12.1 Å². The van der Waals surface area contributed by atoms with Crippen molar-refractivity contribution in [3.8, 4) is 0 Å². The van der Waals surface area contributed by atoms with Crippen molar-refractivity contribution in [1.82, 2.24) is 0 Å². The van der Waals surface area contributed by atoms with Gasteiger partial charge in [-0.05, 0) is 18.1 Å². The maximum atomic E-state index is 13.2. The summed E-state index contributed by atoms with van der Waals surface area (Å²) in [5.41, 5.74) is 1.65. The zero-order valence-corrected chi connectivity index (χ0v) is 7.91. The molecule has 0 bridgehead atoms. The van der Waals surface area contributed by atoms with Gasteiger partial charge in [0, 0.05) is 18.2 Å². The van der Waals surface area contributed by atoms with Crippen molar-refractivity contribution < 1.29 is 13.6 Å². The van der Waals surface area contributed by atoms with Gasteiger partial charge in [-0.1, -0.05) is 18.2 Å². The first-order valence-electron chi connectivity index (χ1n) is 4.89. The average Bonchev–Trinajstić information content (AvgIpc) is 2.62. The Morgan fingerprint density at radius 1 is 1.33 bits per heavy atom. The Bertz CT molecular complexity index is 444. The Morgan fingerprint density at radius 2 is 2.07 bits per heavy atom. The standard InChI is InChI=1S/C11H9F2NO/c12-11(13)6-8-5-7-3-1-2-4-9(7)14(8)10(11)15/h1-4,8H,5-6H2/t8-/m0/s1. The number of carbonyl (C=O) groups excluding carboxylic acids is 1. The smallest absolute Gasteiger partial charge is 0.303 e. The lowest BCUT2D eigenvalue weighted by Gasteiger charge is -2.15. The molecule has 1 amide bonds. The number of para-hydroxylation sites is 1. The van der Waals surface area contributed by atoms with E-state index in [1.165, 1.54) is 4.90 Å². The minimum atomic E-state index is -3.17. The van der Waals surface area contributed by atoms with Crippen LogP contribution in [0.15, 0.2) is 24.3 Å². The topological polar surface area (TPSA) is 20.3 Å². The van der Waals surface area contributed by atoms with Crippen LogP contribution in [-0.4, -0.2) is 17.9 Å². The summed E-state index contributed by atoms with van der Waals surface area (Å²) in [6.45, 7) is 0. The van der Waals surface area contributed by atoms with E-state index in [9.17, 15) is 13.6 Å². The van der Waals surface area contributed by atoms with Crippen molar-refractivity contribution in [2.45, 2.75) is 24.8 Å². The van der Waals surface area contributed by atoms with Gasteiger partial charge < -0.3 is 4.90 Å². The molecule has 0 N–H and O–H groups in total. The second kappa shape index (κ2) is 2.56. The van der Waals surface area contributed by atoms with Crippen molar-refractivity contribution in [3.05, 3.63) is 29.8 Å². The van der Waals surface area contributed by atoms with Gasteiger partial charge in [0.1, 0.15) is 0 Å². The Morgan fingerprint density at radius 3 is 2.87 bits per heavy atom. The number of anilines is 1. The van der Waals surface area contributed by atoms with Crippen molar-refractivity contribution in [1.29, 1.82) is 0 Å². The van der Waals surface area contributed by atoms with Crippen LogP contribution in [0.4, 0.5) is 14.5 Å². The highest BCUT2D eigenvalue weighted by atomic mass is 19.3. The van der Waals surface area contributed by atoms with Crippen LogP contribution in [0, 0.1) is 0 Å². The third-order valence-electron chi connectivity index (χ3n) is 3.10. The number of alkyl halides is 2. The van der Waals surface area contributed by atoms with Crippen LogP contribution in [0.3, 0.4) is 0 Å². The quantitative estimate of drug-likeness (QED) is 0.639. The number of benzene rings is 1. The third-order valence-corrected chi connectivity index (χ3v) is 3.10. The molecular weight excluding hydrogens is 200 g/mol. The second-order valence-electron chi connectivity index (χ2n) is 4.07. The molecule has 2 aliphatic heterocycles. The predicted molar refractivity (Wildman–Crippen MR) is 51.0 cm³/mol. The third kappa shape index (κ3) is 1.05. The summed E-state index contributed by atoms with van der Waals surface area (Å²) in [4.78, 5) is 12.7. The Balaban J connectivity index is 2.09. The molecule has 0 spiro atoms. The van der Waals surface area contributed by atoms with Crippen LogP contribution in [0.5, 0.6) is 0 Å². The summed E-state index contributed by atoms with van der Waals surface area (Å²) in [5, 5.41) is 0. The first kappa shape index (κ1) is 8.83. The van der Waals surface area contributed by atoms with Gasteiger partial charge in [-0.2, -0.15) is 8.78 Å². The number of fused-ring (bicyclic) bond motifs is 3. The van der Waals surface area contributed by atoms with Gasteiger partial charge in [0.2, 0.25) is 0 Å². The molecule has 1 aromatic rings. The van der Waals surface area contributed by atoms with Crippen LogP contribution < -0.4 is 4.90 Å². The van der Waals surface area contributed by atoms with Crippen molar-refractivity contribution in [2.24, 2.45) is 0 Å². The largest absolute Gasteiger partial charge is 0.327 e. The van der Waals surface area contributed by atoms with Gasteiger partial charge >= 0.3 is 5.92 Å². The first-order valence-corrected chi connectivity index (χ1v) is 4.89. The molecule has 0 unspecified atom stereocenters. The second-order valence-corrected chi connectivity index (χ2v) is 4.07. The molecule has 1 saturated heterocycles. The fraction of sp³-hybridized carbons (Fsp3) is 0.364. The fourth-order valence-corrected chi connectivity index (χ4v) is 2.46. The summed E-state index contributed by atoms with van der Waals surface area (Å²) >= 11 is 0. The molecule has 1 aromatic carbocycles. The van der Waals surface area contributed by atoms with Crippen molar-refractivity contribution >= 4 is 11.6 Å². The lowest BCUT2D eigenvalue weighted by molar-refractivity contribution is -0.137. The minimum Gasteiger partial charge on any atom is -0.303 e. The van der Waals surface area contributed by atoms with Gasteiger partial charge in [-0.25, -0.2) is 0 Å². The summed E-state index contributed by atoms with van der Waals surface area (Å²) < 4.78 is 26.3. The molecule has 1 atom stereocenters. The van der Waals surface area contributed by atoms with E-state index in [0.29, 0.717) is 12.1 Å². The minimum absolute atomic E-state index is 0.343. The molecule has 2 aliphatic rings. The number of nitrogens with zero attached hydrogens (tertiary/aromatic N) is 1. The Hall–Kier alpha value is -1.45. The molecule has 4 heteroatoms. The number of hydrogen-bond donors (Lipinski definition) is 0. The van der Waals surface area contributed by atoms with Crippen LogP contribution >= 0.6 is 0 Å². The van der Waals surface area contributed by atoms with E-state index in [1.54, 1.807) is 12.1 Å². The highest BCUT2D eigenvalue weighted by Gasteiger charge is 2.56. The van der Waals surface area contributed by atoms with Crippen LogP contribution in [0.2, 0.25) is 0 Å².